The Bertz CT molecular complexity index is 435. The van der Waals surface area contributed by atoms with E-state index in [0.29, 0.717) is 28.4 Å². The average Bonchev–Trinajstić information content (AvgIpc) is 2.31. The van der Waals surface area contributed by atoms with Crippen molar-refractivity contribution in [1.82, 2.24) is 0 Å². The van der Waals surface area contributed by atoms with Crippen LogP contribution in [0, 0.1) is 0 Å². The second-order valence-electron chi connectivity index (χ2n) is 3.44. The minimum atomic E-state index is -0.981. The molecule has 0 amide bonds. The second kappa shape index (κ2) is 7.11. The maximum atomic E-state index is 9.86. The summed E-state index contributed by atoms with van der Waals surface area (Å²) in [6, 6.07) is 4.82. The molecule has 0 fully saturated rings. The number of aliphatic hydroxyl groups is 2. The van der Waals surface area contributed by atoms with E-state index in [-0.39, 0.29) is 0 Å². The summed E-state index contributed by atoms with van der Waals surface area (Å²) in [6.07, 6.45) is -1.43. The molecule has 2 atom stereocenters. The number of hydrogen-bond acceptors (Lipinski definition) is 5. The Kier molecular flexibility index (Phi) is 6.12. The van der Waals surface area contributed by atoms with E-state index in [4.69, 9.17) is 11.6 Å². The number of rotatable bonds is 5. The quantitative estimate of drug-likeness (QED) is 0.444. The highest BCUT2D eigenvalue weighted by molar-refractivity contribution is 7.80. The summed E-state index contributed by atoms with van der Waals surface area (Å²) in [5.74, 6) is 0.499. The van der Waals surface area contributed by atoms with Crippen molar-refractivity contribution in [3.63, 3.8) is 0 Å². The fraction of sp³-hybridized carbons (Fsp3) is 0.364. The van der Waals surface area contributed by atoms with Gasteiger partial charge in [0.05, 0.1) is 22.0 Å². The molecule has 1 aromatic rings. The van der Waals surface area contributed by atoms with Crippen molar-refractivity contribution in [2.75, 3.05) is 5.75 Å². The van der Waals surface area contributed by atoms with Crippen LogP contribution in [0.4, 0.5) is 5.69 Å². The van der Waals surface area contributed by atoms with Crippen LogP contribution in [0.1, 0.15) is 18.1 Å². The summed E-state index contributed by atoms with van der Waals surface area (Å²) < 4.78 is 0. The highest BCUT2D eigenvalue weighted by Crippen LogP contribution is 2.29. The second-order valence-corrected chi connectivity index (χ2v) is 4.48. The van der Waals surface area contributed by atoms with E-state index in [1.807, 2.05) is 0 Å². The Hall–Kier alpha value is -0.420. The SMILES string of the molecule is OC(CCS)C(O)c1ccc(N=C=S)c(Cl)c1. The standard InChI is InChI=1S/C11H12ClNO2S2/c12-8-5-7(1-2-9(8)13-6-17)11(15)10(14)3-4-16/h1-2,5,10-11,14-16H,3-4H2. The van der Waals surface area contributed by atoms with E-state index in [2.05, 4.69) is 35.0 Å². The van der Waals surface area contributed by atoms with Gasteiger partial charge < -0.3 is 10.2 Å². The molecule has 92 valence electrons. The molecule has 0 aliphatic rings. The van der Waals surface area contributed by atoms with Crippen molar-refractivity contribution in [1.29, 1.82) is 0 Å². The summed E-state index contributed by atoms with van der Waals surface area (Å²) in [7, 11) is 0. The van der Waals surface area contributed by atoms with E-state index >= 15 is 0 Å². The first-order valence-corrected chi connectivity index (χ1v) is 6.36. The van der Waals surface area contributed by atoms with Gasteiger partial charge in [0.25, 0.3) is 0 Å². The fourth-order valence-corrected chi connectivity index (χ4v) is 1.95. The van der Waals surface area contributed by atoms with Crippen LogP contribution < -0.4 is 0 Å². The smallest absolute Gasteiger partial charge is 0.105 e. The minimum Gasteiger partial charge on any atom is -0.390 e. The zero-order valence-electron chi connectivity index (χ0n) is 8.88. The third kappa shape index (κ3) is 4.07. The van der Waals surface area contributed by atoms with Crippen LogP contribution in [0.2, 0.25) is 5.02 Å². The van der Waals surface area contributed by atoms with Crippen molar-refractivity contribution >= 4 is 47.3 Å². The molecule has 17 heavy (non-hydrogen) atoms. The van der Waals surface area contributed by atoms with Crippen LogP contribution in [0.15, 0.2) is 23.2 Å². The van der Waals surface area contributed by atoms with Gasteiger partial charge in [-0.3, -0.25) is 0 Å². The third-order valence-electron chi connectivity index (χ3n) is 2.27. The molecule has 2 unspecified atom stereocenters. The Balaban J connectivity index is 2.92. The monoisotopic (exact) mass is 289 g/mol. The molecule has 0 spiro atoms. The molecule has 0 saturated heterocycles. The molecule has 0 aromatic heterocycles. The maximum absolute atomic E-state index is 9.86. The number of nitrogens with zero attached hydrogens (tertiary/aromatic N) is 1. The Morgan fingerprint density at radius 3 is 2.71 bits per heavy atom. The summed E-state index contributed by atoms with van der Waals surface area (Å²) in [5.41, 5.74) is 1.02. The van der Waals surface area contributed by atoms with Gasteiger partial charge in [-0.2, -0.15) is 17.6 Å². The number of aliphatic hydroxyl groups excluding tert-OH is 2. The average molecular weight is 290 g/mol. The van der Waals surface area contributed by atoms with Crippen LogP contribution in [-0.2, 0) is 0 Å². The molecule has 1 rings (SSSR count). The molecule has 0 bridgehead atoms. The highest BCUT2D eigenvalue weighted by Gasteiger charge is 2.18. The van der Waals surface area contributed by atoms with Gasteiger partial charge in [-0.25, -0.2) is 0 Å². The van der Waals surface area contributed by atoms with Gasteiger partial charge in [0.15, 0.2) is 0 Å². The van der Waals surface area contributed by atoms with Gasteiger partial charge in [-0.1, -0.05) is 17.7 Å². The number of thiocarbonyl (C=S) groups is 1. The predicted octanol–water partition coefficient (Wildman–Crippen LogP) is 2.79. The van der Waals surface area contributed by atoms with Crippen LogP contribution in [0.3, 0.4) is 0 Å². The van der Waals surface area contributed by atoms with E-state index in [9.17, 15) is 10.2 Å². The Morgan fingerprint density at radius 1 is 1.47 bits per heavy atom. The molecule has 0 heterocycles. The minimum absolute atomic E-state index is 0.358. The Labute approximate surface area is 116 Å². The van der Waals surface area contributed by atoms with Crippen molar-refractivity contribution in [2.24, 2.45) is 4.99 Å². The lowest BCUT2D eigenvalue weighted by atomic mass is 10.0. The van der Waals surface area contributed by atoms with Gasteiger partial charge in [0, 0.05) is 0 Å². The predicted molar refractivity (Wildman–Crippen MR) is 75.6 cm³/mol. The first-order valence-electron chi connectivity index (χ1n) is 4.94. The summed E-state index contributed by atoms with van der Waals surface area (Å²) in [4.78, 5) is 3.76. The molecular weight excluding hydrogens is 278 g/mol. The molecule has 0 aliphatic heterocycles. The summed E-state index contributed by atoms with van der Waals surface area (Å²) >= 11 is 14.4. The van der Waals surface area contributed by atoms with Crippen LogP contribution in [0.25, 0.3) is 0 Å². The molecule has 0 saturated carbocycles. The van der Waals surface area contributed by atoms with Crippen molar-refractivity contribution in [3.8, 4) is 0 Å². The molecule has 6 heteroatoms. The normalized spacial score (nSPS) is 13.9. The van der Waals surface area contributed by atoms with Gasteiger partial charge in [0.1, 0.15) is 6.10 Å². The number of hydrogen-bond donors (Lipinski definition) is 3. The number of benzene rings is 1. The number of halogens is 1. The van der Waals surface area contributed by atoms with Crippen molar-refractivity contribution < 1.29 is 10.2 Å². The van der Waals surface area contributed by atoms with Gasteiger partial charge in [-0.05, 0) is 42.1 Å². The lowest BCUT2D eigenvalue weighted by Crippen LogP contribution is -2.18. The fourth-order valence-electron chi connectivity index (χ4n) is 1.36. The van der Waals surface area contributed by atoms with Crippen LogP contribution in [0.5, 0.6) is 0 Å². The number of aliphatic imine (C=N–C) groups is 1. The zero-order valence-corrected chi connectivity index (χ0v) is 11.3. The van der Waals surface area contributed by atoms with E-state index in [0.717, 1.165) is 0 Å². The van der Waals surface area contributed by atoms with Gasteiger partial charge in [-0.15, -0.1) is 0 Å². The summed E-state index contributed by atoms with van der Waals surface area (Å²) in [6.45, 7) is 0. The lowest BCUT2D eigenvalue weighted by Gasteiger charge is -2.17. The molecule has 3 nitrogen and oxygen atoms in total. The first-order chi connectivity index (χ1) is 8.10. The highest BCUT2D eigenvalue weighted by atomic mass is 35.5. The Morgan fingerprint density at radius 2 is 2.18 bits per heavy atom. The van der Waals surface area contributed by atoms with E-state index in [1.165, 1.54) is 0 Å². The largest absolute Gasteiger partial charge is 0.390 e. The zero-order chi connectivity index (χ0) is 12.8. The maximum Gasteiger partial charge on any atom is 0.105 e. The van der Waals surface area contributed by atoms with Crippen molar-refractivity contribution in [2.45, 2.75) is 18.6 Å². The molecule has 1 aromatic carbocycles. The first kappa shape index (κ1) is 14.6. The number of isothiocyanates is 1. The summed E-state index contributed by atoms with van der Waals surface area (Å²) in [5, 5.41) is 22.1. The molecular formula is C11H12ClNO2S2. The molecule has 0 radical (unpaired) electrons. The van der Waals surface area contributed by atoms with E-state index in [1.54, 1.807) is 18.2 Å². The molecule has 0 aliphatic carbocycles. The van der Waals surface area contributed by atoms with Crippen molar-refractivity contribution in [3.05, 3.63) is 28.8 Å². The van der Waals surface area contributed by atoms with Crippen LogP contribution >= 0.6 is 36.4 Å². The number of thiol groups is 1. The third-order valence-corrected chi connectivity index (χ3v) is 2.92. The van der Waals surface area contributed by atoms with E-state index < -0.39 is 12.2 Å². The lowest BCUT2D eigenvalue weighted by molar-refractivity contribution is 0.0172. The van der Waals surface area contributed by atoms with Gasteiger partial charge in [0.2, 0.25) is 0 Å². The van der Waals surface area contributed by atoms with Crippen LogP contribution in [-0.4, -0.2) is 27.2 Å². The van der Waals surface area contributed by atoms with Gasteiger partial charge >= 0.3 is 0 Å². The topological polar surface area (TPSA) is 52.8 Å². The molecule has 2 N–H and O–H groups in total.